The van der Waals surface area contributed by atoms with Gasteiger partial charge in [0.2, 0.25) is 0 Å². The first kappa shape index (κ1) is 11.4. The van der Waals surface area contributed by atoms with Gasteiger partial charge in [-0.2, -0.15) is 0 Å². The van der Waals surface area contributed by atoms with E-state index >= 15 is 0 Å². The lowest BCUT2D eigenvalue weighted by molar-refractivity contribution is 0.200. The molecule has 1 saturated carbocycles. The molecule has 1 aliphatic heterocycles. The quantitative estimate of drug-likeness (QED) is 0.743. The van der Waals surface area contributed by atoms with Crippen molar-refractivity contribution in [3.8, 4) is 0 Å². The van der Waals surface area contributed by atoms with Gasteiger partial charge in [0.25, 0.3) is 0 Å². The third kappa shape index (κ3) is 2.36. The third-order valence-corrected chi connectivity index (χ3v) is 4.47. The van der Waals surface area contributed by atoms with E-state index in [0.29, 0.717) is 0 Å². The Bertz CT molecular complexity index is 193. The summed E-state index contributed by atoms with van der Waals surface area (Å²) < 4.78 is 0. The van der Waals surface area contributed by atoms with Gasteiger partial charge in [-0.3, -0.25) is 0 Å². The number of hydrogen-bond donors (Lipinski definition) is 2. The predicted octanol–water partition coefficient (Wildman–Crippen LogP) is 2.15. The monoisotopic (exact) mass is 210 g/mol. The zero-order chi connectivity index (χ0) is 10.7. The van der Waals surface area contributed by atoms with E-state index in [1.807, 2.05) is 0 Å². The van der Waals surface area contributed by atoms with Crippen molar-refractivity contribution >= 4 is 0 Å². The summed E-state index contributed by atoms with van der Waals surface area (Å²) in [6, 6.07) is 1.56. The van der Waals surface area contributed by atoms with Crippen LogP contribution in [0.15, 0.2) is 0 Å². The van der Waals surface area contributed by atoms with Crippen molar-refractivity contribution < 1.29 is 0 Å². The van der Waals surface area contributed by atoms with Crippen LogP contribution in [0.5, 0.6) is 0 Å². The molecule has 0 bridgehead atoms. The van der Waals surface area contributed by atoms with Crippen molar-refractivity contribution in [3.63, 3.8) is 0 Å². The summed E-state index contributed by atoms with van der Waals surface area (Å²) in [6.07, 6.45) is 8.57. The van der Waals surface area contributed by atoms with E-state index in [2.05, 4.69) is 24.6 Å². The summed E-state index contributed by atoms with van der Waals surface area (Å²) in [7, 11) is 2.12. The molecule has 2 aliphatic rings. The Hall–Kier alpha value is -0.0800. The second kappa shape index (κ2) is 5.31. The first-order valence-corrected chi connectivity index (χ1v) is 6.77. The van der Waals surface area contributed by atoms with Crippen LogP contribution < -0.4 is 10.6 Å². The third-order valence-electron chi connectivity index (χ3n) is 4.47. The van der Waals surface area contributed by atoms with Crippen LogP contribution >= 0.6 is 0 Å². The van der Waals surface area contributed by atoms with Crippen molar-refractivity contribution in [2.45, 2.75) is 57.5 Å². The van der Waals surface area contributed by atoms with Crippen molar-refractivity contribution in [1.82, 2.24) is 10.6 Å². The van der Waals surface area contributed by atoms with Crippen molar-refractivity contribution in [1.29, 1.82) is 0 Å². The number of unbranched alkanes of at least 4 members (excludes halogenated alkanes) is 1. The Morgan fingerprint density at radius 3 is 2.93 bits per heavy atom. The Labute approximate surface area is 94.2 Å². The second-order valence-electron chi connectivity index (χ2n) is 5.33. The fourth-order valence-corrected chi connectivity index (χ4v) is 3.61. The highest BCUT2D eigenvalue weighted by molar-refractivity contribution is 4.99. The van der Waals surface area contributed by atoms with Gasteiger partial charge in [-0.25, -0.2) is 0 Å². The van der Waals surface area contributed by atoms with Crippen LogP contribution in [0.25, 0.3) is 0 Å². The van der Waals surface area contributed by atoms with E-state index in [1.165, 1.54) is 45.1 Å². The van der Waals surface area contributed by atoms with Gasteiger partial charge in [-0.1, -0.05) is 26.2 Å². The first-order valence-electron chi connectivity index (χ1n) is 6.77. The highest BCUT2D eigenvalue weighted by atomic mass is 15.1. The molecule has 2 rings (SSSR count). The molecule has 2 fully saturated rings. The lowest BCUT2D eigenvalue weighted by Gasteiger charge is -2.35. The van der Waals surface area contributed by atoms with Crippen molar-refractivity contribution in [2.24, 2.45) is 11.8 Å². The van der Waals surface area contributed by atoms with E-state index < -0.39 is 0 Å². The van der Waals surface area contributed by atoms with Gasteiger partial charge in [0.15, 0.2) is 0 Å². The first-order chi connectivity index (χ1) is 7.36. The molecule has 2 nitrogen and oxygen atoms in total. The lowest BCUT2D eigenvalue weighted by Crippen LogP contribution is -2.41. The van der Waals surface area contributed by atoms with Gasteiger partial charge < -0.3 is 10.6 Å². The number of nitrogens with one attached hydrogen (secondary N) is 2. The summed E-state index contributed by atoms with van der Waals surface area (Å²) in [5.41, 5.74) is 0. The fraction of sp³-hybridized carbons (Fsp3) is 1.00. The molecule has 1 aliphatic carbocycles. The Kier molecular flexibility index (Phi) is 4.04. The van der Waals surface area contributed by atoms with Crippen molar-refractivity contribution in [3.05, 3.63) is 0 Å². The highest BCUT2D eigenvalue weighted by Gasteiger charge is 2.40. The van der Waals surface area contributed by atoms with Crippen LogP contribution in [-0.4, -0.2) is 25.7 Å². The normalized spacial score (nSPS) is 40.4. The number of likely N-dealkylation sites (N-methyl/N-ethyl adjacent to an activating group) is 1. The highest BCUT2D eigenvalue weighted by Crippen LogP contribution is 2.37. The van der Waals surface area contributed by atoms with Crippen LogP contribution in [-0.2, 0) is 0 Å². The molecule has 15 heavy (non-hydrogen) atoms. The maximum Gasteiger partial charge on any atom is 0.0232 e. The smallest absolute Gasteiger partial charge is 0.0232 e. The van der Waals surface area contributed by atoms with Crippen LogP contribution in [0.2, 0.25) is 0 Å². The van der Waals surface area contributed by atoms with Crippen molar-refractivity contribution in [2.75, 3.05) is 13.6 Å². The molecule has 0 radical (unpaired) electrons. The van der Waals surface area contributed by atoms with Gasteiger partial charge in [-0.15, -0.1) is 0 Å². The van der Waals surface area contributed by atoms with Crippen LogP contribution in [0.4, 0.5) is 0 Å². The van der Waals surface area contributed by atoms with Gasteiger partial charge in [-0.05, 0) is 38.1 Å². The lowest BCUT2D eigenvalue weighted by atomic mass is 9.74. The summed E-state index contributed by atoms with van der Waals surface area (Å²) >= 11 is 0. The average Bonchev–Trinajstić information content (AvgIpc) is 2.69. The molecule has 2 heteroatoms. The number of rotatable bonds is 4. The van der Waals surface area contributed by atoms with Crippen LogP contribution in [0.1, 0.15) is 45.4 Å². The predicted molar refractivity (Wildman–Crippen MR) is 65.0 cm³/mol. The Morgan fingerprint density at radius 2 is 2.20 bits per heavy atom. The minimum absolute atomic E-state index is 0.736. The molecule has 0 aromatic heterocycles. The average molecular weight is 210 g/mol. The molecular formula is C13H26N2. The molecule has 0 amide bonds. The summed E-state index contributed by atoms with van der Waals surface area (Å²) in [6.45, 7) is 3.49. The molecule has 2 N–H and O–H groups in total. The van der Waals surface area contributed by atoms with Gasteiger partial charge >= 0.3 is 0 Å². The minimum Gasteiger partial charge on any atom is -0.315 e. The molecule has 1 saturated heterocycles. The molecule has 0 spiro atoms. The molecule has 1 heterocycles. The van der Waals surface area contributed by atoms with Crippen LogP contribution in [0.3, 0.4) is 0 Å². The number of fused-ring (bicyclic) bond motifs is 1. The van der Waals surface area contributed by atoms with E-state index in [1.54, 1.807) is 0 Å². The van der Waals surface area contributed by atoms with E-state index in [0.717, 1.165) is 23.9 Å². The summed E-state index contributed by atoms with van der Waals surface area (Å²) in [5.74, 6) is 1.87. The van der Waals surface area contributed by atoms with Gasteiger partial charge in [0, 0.05) is 18.6 Å². The second-order valence-corrected chi connectivity index (χ2v) is 5.33. The maximum absolute atomic E-state index is 3.76. The molecular weight excluding hydrogens is 184 g/mol. The fourth-order valence-electron chi connectivity index (χ4n) is 3.61. The van der Waals surface area contributed by atoms with E-state index in [4.69, 9.17) is 0 Å². The zero-order valence-electron chi connectivity index (χ0n) is 10.3. The topological polar surface area (TPSA) is 24.1 Å². The summed E-state index contributed by atoms with van der Waals surface area (Å²) in [5, 5.41) is 7.23. The molecule has 4 unspecified atom stereocenters. The molecule has 0 aromatic rings. The molecule has 0 aromatic carbocycles. The standard InChI is InChI=1S/C13H26N2/c1-3-4-6-10-7-5-8-11-12(14-2)9-15-13(10)11/h10-15H,3-9H2,1-2H3. The van der Waals surface area contributed by atoms with Gasteiger partial charge in [0.05, 0.1) is 0 Å². The number of hydrogen-bond acceptors (Lipinski definition) is 2. The van der Waals surface area contributed by atoms with Gasteiger partial charge in [0.1, 0.15) is 0 Å². The molecule has 4 atom stereocenters. The minimum atomic E-state index is 0.736. The van der Waals surface area contributed by atoms with E-state index in [9.17, 15) is 0 Å². The maximum atomic E-state index is 3.76. The SMILES string of the molecule is CCCCC1CCCC2C(NC)CNC12. The molecule has 88 valence electrons. The Balaban J connectivity index is 1.92. The largest absolute Gasteiger partial charge is 0.315 e. The zero-order valence-corrected chi connectivity index (χ0v) is 10.3. The Morgan fingerprint density at radius 1 is 1.33 bits per heavy atom. The summed E-state index contributed by atoms with van der Waals surface area (Å²) in [4.78, 5) is 0. The van der Waals surface area contributed by atoms with Crippen LogP contribution in [0, 0.1) is 11.8 Å². The van der Waals surface area contributed by atoms with E-state index in [-0.39, 0.29) is 0 Å².